The average molecular weight is 361 g/mol. The molecule has 27 heavy (non-hydrogen) atoms. The maximum absolute atomic E-state index is 4.61. The van der Waals surface area contributed by atoms with Crippen molar-refractivity contribution in [1.29, 1.82) is 0 Å². The van der Waals surface area contributed by atoms with Crippen molar-refractivity contribution >= 4 is 5.96 Å². The smallest absolute Gasteiger partial charge is 0.191 e. The minimum atomic E-state index is 0.669. The van der Waals surface area contributed by atoms with Crippen molar-refractivity contribution in [2.24, 2.45) is 4.99 Å². The van der Waals surface area contributed by atoms with Gasteiger partial charge in [0, 0.05) is 25.8 Å². The van der Waals surface area contributed by atoms with Gasteiger partial charge in [-0.3, -0.25) is 4.99 Å². The van der Waals surface area contributed by atoms with E-state index in [0.29, 0.717) is 6.54 Å². The zero-order valence-corrected chi connectivity index (χ0v) is 16.5. The Bertz CT molecular complexity index is 922. The third-order valence-electron chi connectivity index (χ3n) is 4.48. The lowest BCUT2D eigenvalue weighted by atomic mass is 10.1. The van der Waals surface area contributed by atoms with Crippen LogP contribution in [0.15, 0.2) is 59.6 Å². The Morgan fingerprint density at radius 1 is 0.963 bits per heavy atom. The summed E-state index contributed by atoms with van der Waals surface area (Å²) in [5.74, 6) is 0.777. The SMILES string of the molecule is CN=C(NCc1ccc(C)cc1)NCc1ccccc1-n1nc(C)cc1C. The van der Waals surface area contributed by atoms with Crippen LogP contribution in [0.1, 0.15) is 28.1 Å². The molecule has 0 saturated carbocycles. The van der Waals surface area contributed by atoms with Crippen molar-refractivity contribution in [1.82, 2.24) is 20.4 Å². The van der Waals surface area contributed by atoms with E-state index in [1.54, 1.807) is 7.05 Å². The van der Waals surface area contributed by atoms with E-state index in [9.17, 15) is 0 Å². The number of aromatic nitrogens is 2. The summed E-state index contributed by atoms with van der Waals surface area (Å²) in [6.07, 6.45) is 0. The van der Waals surface area contributed by atoms with Crippen molar-refractivity contribution in [2.75, 3.05) is 7.05 Å². The fourth-order valence-corrected chi connectivity index (χ4v) is 3.03. The van der Waals surface area contributed by atoms with E-state index < -0.39 is 0 Å². The van der Waals surface area contributed by atoms with Crippen LogP contribution in [0.25, 0.3) is 5.69 Å². The zero-order chi connectivity index (χ0) is 19.2. The van der Waals surface area contributed by atoms with Gasteiger partial charge in [0.15, 0.2) is 5.96 Å². The third kappa shape index (κ3) is 4.76. The van der Waals surface area contributed by atoms with Crippen LogP contribution in [0, 0.1) is 20.8 Å². The number of aliphatic imine (C=N–C) groups is 1. The standard InChI is InChI=1S/C22H27N5/c1-16-9-11-19(12-10-16)14-24-22(23-4)25-15-20-7-5-6-8-21(20)27-18(3)13-17(2)26-27/h5-13H,14-15H2,1-4H3,(H2,23,24,25). The van der Waals surface area contributed by atoms with Crippen LogP contribution in [0.5, 0.6) is 0 Å². The molecule has 2 N–H and O–H groups in total. The number of benzene rings is 2. The summed E-state index contributed by atoms with van der Waals surface area (Å²) in [6, 6.07) is 18.9. The Morgan fingerprint density at radius 2 is 1.67 bits per heavy atom. The third-order valence-corrected chi connectivity index (χ3v) is 4.48. The van der Waals surface area contributed by atoms with E-state index >= 15 is 0 Å². The lowest BCUT2D eigenvalue weighted by Crippen LogP contribution is -2.36. The summed E-state index contributed by atoms with van der Waals surface area (Å²) in [6.45, 7) is 7.59. The molecular weight excluding hydrogens is 334 g/mol. The van der Waals surface area contributed by atoms with Crippen molar-refractivity contribution in [2.45, 2.75) is 33.9 Å². The number of nitrogens with zero attached hydrogens (tertiary/aromatic N) is 3. The van der Waals surface area contributed by atoms with E-state index in [2.05, 4.69) is 83.1 Å². The summed E-state index contributed by atoms with van der Waals surface area (Å²) in [7, 11) is 1.79. The Hall–Kier alpha value is -3.08. The Balaban J connectivity index is 1.67. The highest BCUT2D eigenvalue weighted by atomic mass is 15.3. The Morgan fingerprint density at radius 3 is 2.33 bits per heavy atom. The molecule has 2 aromatic carbocycles. The molecule has 3 rings (SSSR count). The van der Waals surface area contributed by atoms with Crippen LogP contribution in [0.2, 0.25) is 0 Å². The van der Waals surface area contributed by atoms with Crippen LogP contribution in [-0.4, -0.2) is 22.8 Å². The second-order valence-electron chi connectivity index (χ2n) is 6.73. The number of nitrogens with one attached hydrogen (secondary N) is 2. The molecule has 1 heterocycles. The zero-order valence-electron chi connectivity index (χ0n) is 16.5. The lowest BCUT2D eigenvalue weighted by molar-refractivity contribution is 0.781. The molecule has 0 fully saturated rings. The van der Waals surface area contributed by atoms with E-state index in [1.165, 1.54) is 16.7 Å². The first-order valence-corrected chi connectivity index (χ1v) is 9.18. The molecule has 0 spiro atoms. The molecule has 5 heteroatoms. The highest BCUT2D eigenvalue weighted by Crippen LogP contribution is 2.16. The van der Waals surface area contributed by atoms with Crippen molar-refractivity contribution < 1.29 is 0 Å². The van der Waals surface area contributed by atoms with Crippen LogP contribution in [-0.2, 0) is 13.1 Å². The molecule has 0 atom stereocenters. The Kier molecular flexibility index (Phi) is 5.91. The fraction of sp³-hybridized carbons (Fsp3) is 0.273. The molecule has 5 nitrogen and oxygen atoms in total. The van der Waals surface area contributed by atoms with Crippen molar-refractivity contribution in [3.63, 3.8) is 0 Å². The predicted molar refractivity (Wildman–Crippen MR) is 111 cm³/mol. The van der Waals surface area contributed by atoms with Crippen LogP contribution >= 0.6 is 0 Å². The van der Waals surface area contributed by atoms with Gasteiger partial charge in [-0.25, -0.2) is 4.68 Å². The van der Waals surface area contributed by atoms with Crippen LogP contribution in [0.3, 0.4) is 0 Å². The number of rotatable bonds is 5. The summed E-state index contributed by atoms with van der Waals surface area (Å²) < 4.78 is 1.99. The first-order valence-electron chi connectivity index (χ1n) is 9.18. The molecule has 0 amide bonds. The van der Waals surface area contributed by atoms with Gasteiger partial charge in [-0.1, -0.05) is 48.0 Å². The summed E-state index contributed by atoms with van der Waals surface area (Å²) in [5, 5.41) is 11.4. The molecule has 0 aliphatic carbocycles. The fourth-order valence-electron chi connectivity index (χ4n) is 3.03. The number of hydrogen-bond acceptors (Lipinski definition) is 2. The molecule has 0 radical (unpaired) electrons. The van der Waals surface area contributed by atoms with Crippen LogP contribution in [0.4, 0.5) is 0 Å². The highest BCUT2D eigenvalue weighted by molar-refractivity contribution is 5.79. The number of para-hydroxylation sites is 1. The number of hydrogen-bond donors (Lipinski definition) is 2. The molecule has 3 aromatic rings. The van der Waals surface area contributed by atoms with Gasteiger partial charge in [0.25, 0.3) is 0 Å². The summed E-state index contributed by atoms with van der Waals surface area (Å²) >= 11 is 0. The van der Waals surface area contributed by atoms with Gasteiger partial charge in [-0.15, -0.1) is 0 Å². The molecule has 140 valence electrons. The van der Waals surface area contributed by atoms with Gasteiger partial charge in [0.05, 0.1) is 11.4 Å². The molecular formula is C22H27N5. The predicted octanol–water partition coefficient (Wildman–Crippen LogP) is 3.66. The van der Waals surface area contributed by atoms with E-state index in [-0.39, 0.29) is 0 Å². The van der Waals surface area contributed by atoms with E-state index in [1.807, 2.05) is 17.7 Å². The second-order valence-corrected chi connectivity index (χ2v) is 6.73. The van der Waals surface area contributed by atoms with Crippen LogP contribution < -0.4 is 10.6 Å². The first kappa shape index (κ1) is 18.7. The second kappa shape index (κ2) is 8.54. The van der Waals surface area contributed by atoms with Crippen molar-refractivity contribution in [3.05, 3.63) is 82.7 Å². The lowest BCUT2D eigenvalue weighted by Gasteiger charge is -2.15. The van der Waals surface area contributed by atoms with Gasteiger partial charge in [0.1, 0.15) is 0 Å². The molecule has 0 aliphatic rings. The molecule has 0 aliphatic heterocycles. The van der Waals surface area contributed by atoms with Gasteiger partial charge in [0.2, 0.25) is 0 Å². The van der Waals surface area contributed by atoms with Gasteiger partial charge < -0.3 is 10.6 Å². The largest absolute Gasteiger partial charge is 0.352 e. The average Bonchev–Trinajstić information content (AvgIpc) is 3.01. The van der Waals surface area contributed by atoms with Gasteiger partial charge >= 0.3 is 0 Å². The van der Waals surface area contributed by atoms with Gasteiger partial charge in [-0.2, -0.15) is 5.10 Å². The quantitative estimate of drug-likeness (QED) is 0.539. The summed E-state index contributed by atoms with van der Waals surface area (Å²) in [4.78, 5) is 4.33. The summed E-state index contributed by atoms with van der Waals surface area (Å²) in [5.41, 5.74) is 6.90. The maximum atomic E-state index is 4.61. The van der Waals surface area contributed by atoms with E-state index in [0.717, 1.165) is 29.6 Å². The number of guanidine groups is 1. The minimum absolute atomic E-state index is 0.669. The topological polar surface area (TPSA) is 54.2 Å². The minimum Gasteiger partial charge on any atom is -0.352 e. The first-order chi connectivity index (χ1) is 13.1. The normalized spacial score (nSPS) is 11.5. The molecule has 0 bridgehead atoms. The number of aryl methyl sites for hydroxylation is 3. The van der Waals surface area contributed by atoms with Crippen molar-refractivity contribution in [3.8, 4) is 5.69 Å². The van der Waals surface area contributed by atoms with Gasteiger partial charge in [-0.05, 0) is 44.0 Å². The molecule has 0 unspecified atom stereocenters. The highest BCUT2D eigenvalue weighted by Gasteiger charge is 2.09. The maximum Gasteiger partial charge on any atom is 0.191 e. The molecule has 1 aromatic heterocycles. The van der Waals surface area contributed by atoms with E-state index in [4.69, 9.17) is 0 Å². The monoisotopic (exact) mass is 361 g/mol. The molecule has 0 saturated heterocycles. The Labute approximate surface area is 161 Å².